The molecule has 2 aliphatic heterocycles. The van der Waals surface area contributed by atoms with Crippen molar-refractivity contribution in [2.24, 2.45) is 11.3 Å². The Morgan fingerprint density at radius 2 is 2.05 bits per heavy atom. The van der Waals surface area contributed by atoms with Gasteiger partial charge in [-0.05, 0) is 43.0 Å². The Labute approximate surface area is 119 Å². The zero-order chi connectivity index (χ0) is 14.5. The summed E-state index contributed by atoms with van der Waals surface area (Å²) in [5.74, 6) is 0.000515. The number of hydrogen-bond acceptors (Lipinski definition) is 3. The molecule has 1 aromatic rings. The van der Waals surface area contributed by atoms with Crippen LogP contribution in [-0.4, -0.2) is 18.4 Å². The molecule has 0 spiro atoms. The minimum absolute atomic E-state index is 0.0663. The lowest BCUT2D eigenvalue weighted by atomic mass is 9.78. The van der Waals surface area contributed by atoms with Crippen LogP contribution >= 0.6 is 0 Å². The summed E-state index contributed by atoms with van der Waals surface area (Å²) in [4.78, 5) is 26.3. The molecule has 1 atom stereocenters. The maximum atomic E-state index is 12.7. The number of amides is 2. The van der Waals surface area contributed by atoms with Gasteiger partial charge in [0.1, 0.15) is 0 Å². The summed E-state index contributed by atoms with van der Waals surface area (Å²) in [6, 6.07) is 5.79. The maximum Gasteiger partial charge on any atom is 0.240 e. The molecule has 0 radical (unpaired) electrons. The molecule has 1 saturated heterocycles. The molecular weight excluding hydrogens is 252 g/mol. The average molecular weight is 272 g/mol. The lowest BCUT2D eigenvalue weighted by Crippen LogP contribution is -2.36. The standard InChI is InChI=1S/C16H20N2O2/c1-10(2)16(3)9-14(19)18(15(16)20)12-4-5-13-11(8-12)6-7-17-13/h4-5,8,10,17H,6-7,9H2,1-3H3. The number of carbonyl (C=O) groups excluding carboxylic acids is 2. The second kappa shape index (κ2) is 4.33. The second-order valence-electron chi connectivity index (χ2n) is 6.30. The fraction of sp³-hybridized carbons (Fsp3) is 0.500. The molecule has 3 rings (SSSR count). The number of anilines is 2. The van der Waals surface area contributed by atoms with Crippen LogP contribution < -0.4 is 10.2 Å². The molecule has 20 heavy (non-hydrogen) atoms. The van der Waals surface area contributed by atoms with Gasteiger partial charge in [0.25, 0.3) is 0 Å². The minimum Gasteiger partial charge on any atom is -0.384 e. The van der Waals surface area contributed by atoms with E-state index in [0.29, 0.717) is 12.1 Å². The fourth-order valence-electron chi connectivity index (χ4n) is 2.98. The highest BCUT2D eigenvalue weighted by Crippen LogP contribution is 2.42. The van der Waals surface area contributed by atoms with Gasteiger partial charge in [-0.25, -0.2) is 0 Å². The second-order valence-corrected chi connectivity index (χ2v) is 6.30. The van der Waals surface area contributed by atoms with E-state index in [1.165, 1.54) is 10.5 Å². The third kappa shape index (κ3) is 1.74. The van der Waals surface area contributed by atoms with E-state index in [1.807, 2.05) is 39.0 Å². The largest absolute Gasteiger partial charge is 0.384 e. The predicted molar refractivity (Wildman–Crippen MR) is 78.7 cm³/mol. The Kier molecular flexibility index (Phi) is 2.85. The van der Waals surface area contributed by atoms with Gasteiger partial charge in [0.2, 0.25) is 11.8 Å². The van der Waals surface area contributed by atoms with Gasteiger partial charge in [-0.2, -0.15) is 0 Å². The molecule has 2 aliphatic rings. The van der Waals surface area contributed by atoms with Crippen molar-refractivity contribution < 1.29 is 9.59 Å². The van der Waals surface area contributed by atoms with E-state index in [4.69, 9.17) is 0 Å². The monoisotopic (exact) mass is 272 g/mol. The van der Waals surface area contributed by atoms with Crippen LogP contribution in [0.5, 0.6) is 0 Å². The fourth-order valence-corrected chi connectivity index (χ4v) is 2.98. The van der Waals surface area contributed by atoms with E-state index >= 15 is 0 Å². The number of nitrogens with zero attached hydrogens (tertiary/aromatic N) is 1. The highest BCUT2D eigenvalue weighted by atomic mass is 16.2. The quantitative estimate of drug-likeness (QED) is 0.842. The van der Waals surface area contributed by atoms with Crippen molar-refractivity contribution in [2.45, 2.75) is 33.6 Å². The van der Waals surface area contributed by atoms with Gasteiger partial charge in [-0.15, -0.1) is 0 Å². The number of carbonyl (C=O) groups is 2. The molecule has 2 heterocycles. The van der Waals surface area contributed by atoms with Crippen molar-refractivity contribution in [3.05, 3.63) is 23.8 Å². The lowest BCUT2D eigenvalue weighted by molar-refractivity contribution is -0.126. The number of fused-ring (bicyclic) bond motifs is 1. The molecule has 0 bridgehead atoms. The van der Waals surface area contributed by atoms with Gasteiger partial charge in [0, 0.05) is 18.7 Å². The predicted octanol–water partition coefficient (Wildman–Crippen LogP) is 2.58. The average Bonchev–Trinajstić information content (AvgIpc) is 2.93. The molecule has 1 fully saturated rings. The maximum absolute atomic E-state index is 12.7. The van der Waals surface area contributed by atoms with Gasteiger partial charge in [0.15, 0.2) is 0 Å². The van der Waals surface area contributed by atoms with Crippen LogP contribution in [0, 0.1) is 11.3 Å². The summed E-state index contributed by atoms with van der Waals surface area (Å²) in [7, 11) is 0. The minimum atomic E-state index is -0.575. The summed E-state index contributed by atoms with van der Waals surface area (Å²) in [5, 5.41) is 3.29. The van der Waals surface area contributed by atoms with Crippen molar-refractivity contribution in [3.63, 3.8) is 0 Å². The zero-order valence-electron chi connectivity index (χ0n) is 12.2. The van der Waals surface area contributed by atoms with Crippen LogP contribution in [0.25, 0.3) is 0 Å². The topological polar surface area (TPSA) is 49.4 Å². The Hall–Kier alpha value is -1.84. The Bertz CT molecular complexity index is 594. The van der Waals surface area contributed by atoms with E-state index < -0.39 is 5.41 Å². The zero-order valence-corrected chi connectivity index (χ0v) is 12.2. The summed E-state index contributed by atoms with van der Waals surface area (Å²) in [5.41, 5.74) is 2.43. The Morgan fingerprint density at radius 1 is 1.30 bits per heavy atom. The van der Waals surface area contributed by atoms with Crippen LogP contribution in [-0.2, 0) is 16.0 Å². The van der Waals surface area contributed by atoms with Gasteiger partial charge in [-0.3, -0.25) is 14.5 Å². The molecule has 0 saturated carbocycles. The van der Waals surface area contributed by atoms with Crippen LogP contribution in [0.2, 0.25) is 0 Å². The summed E-state index contributed by atoms with van der Waals surface area (Å²) >= 11 is 0. The van der Waals surface area contributed by atoms with E-state index in [9.17, 15) is 9.59 Å². The van der Waals surface area contributed by atoms with Crippen molar-refractivity contribution >= 4 is 23.2 Å². The Morgan fingerprint density at radius 3 is 2.70 bits per heavy atom. The molecular formula is C16H20N2O2. The molecule has 106 valence electrons. The number of hydrogen-bond donors (Lipinski definition) is 1. The highest BCUT2D eigenvalue weighted by Gasteiger charge is 2.50. The van der Waals surface area contributed by atoms with Crippen LogP contribution in [0.1, 0.15) is 32.8 Å². The Balaban J connectivity index is 1.98. The van der Waals surface area contributed by atoms with Crippen LogP contribution in [0.3, 0.4) is 0 Å². The third-order valence-electron chi connectivity index (χ3n) is 4.79. The van der Waals surface area contributed by atoms with Gasteiger partial charge >= 0.3 is 0 Å². The molecule has 0 aromatic heterocycles. The van der Waals surface area contributed by atoms with E-state index in [0.717, 1.165) is 18.7 Å². The molecule has 4 nitrogen and oxygen atoms in total. The smallest absolute Gasteiger partial charge is 0.240 e. The molecule has 1 aromatic carbocycles. The van der Waals surface area contributed by atoms with E-state index in [2.05, 4.69) is 5.32 Å². The molecule has 1 unspecified atom stereocenters. The molecule has 4 heteroatoms. The normalized spacial score (nSPS) is 25.3. The first kappa shape index (κ1) is 13.2. The molecule has 0 aliphatic carbocycles. The van der Waals surface area contributed by atoms with Crippen molar-refractivity contribution in [1.82, 2.24) is 0 Å². The van der Waals surface area contributed by atoms with Crippen molar-refractivity contribution in [1.29, 1.82) is 0 Å². The van der Waals surface area contributed by atoms with Crippen molar-refractivity contribution in [2.75, 3.05) is 16.8 Å². The summed E-state index contributed by atoms with van der Waals surface area (Å²) in [6.07, 6.45) is 1.25. The van der Waals surface area contributed by atoms with Crippen LogP contribution in [0.4, 0.5) is 11.4 Å². The molecule has 1 N–H and O–H groups in total. The number of rotatable bonds is 2. The summed E-state index contributed by atoms with van der Waals surface area (Å²) in [6.45, 7) is 6.82. The first-order valence-corrected chi connectivity index (χ1v) is 7.17. The van der Waals surface area contributed by atoms with Crippen LogP contribution in [0.15, 0.2) is 18.2 Å². The van der Waals surface area contributed by atoms with Gasteiger partial charge in [0.05, 0.1) is 11.1 Å². The van der Waals surface area contributed by atoms with Gasteiger partial charge < -0.3 is 5.32 Å². The lowest BCUT2D eigenvalue weighted by Gasteiger charge is -2.26. The highest BCUT2D eigenvalue weighted by molar-refractivity contribution is 6.22. The first-order chi connectivity index (χ1) is 9.43. The SMILES string of the molecule is CC(C)C1(C)CC(=O)N(c2ccc3c(c2)CCN3)C1=O. The van der Waals surface area contributed by atoms with E-state index in [1.54, 1.807) is 0 Å². The number of nitrogens with one attached hydrogen (secondary N) is 1. The summed E-state index contributed by atoms with van der Waals surface area (Å²) < 4.78 is 0. The number of imide groups is 1. The molecule has 2 amide bonds. The van der Waals surface area contributed by atoms with Gasteiger partial charge in [-0.1, -0.05) is 13.8 Å². The first-order valence-electron chi connectivity index (χ1n) is 7.17. The van der Waals surface area contributed by atoms with E-state index in [-0.39, 0.29) is 17.7 Å². The van der Waals surface area contributed by atoms with Crippen molar-refractivity contribution in [3.8, 4) is 0 Å². The third-order valence-corrected chi connectivity index (χ3v) is 4.79. The number of benzene rings is 1.